The van der Waals surface area contributed by atoms with Crippen molar-refractivity contribution >= 4 is 34.8 Å². The van der Waals surface area contributed by atoms with Crippen LogP contribution < -0.4 is 0 Å². The van der Waals surface area contributed by atoms with Crippen LogP contribution >= 0.6 is 22.9 Å². The Morgan fingerprint density at radius 1 is 1.48 bits per heavy atom. The molecular weight excluding hydrogens is 312 g/mol. The standard InChI is InChI=1S/C14H13ClN2O3S/c15-10-5-11(16-6-10)14(19)20-8-13(18)17-3-1-12-9(7-17)2-4-21-12/h2,4-6,16H,1,3,7-8H2. The molecule has 0 spiro atoms. The van der Waals surface area contributed by atoms with E-state index in [0.29, 0.717) is 18.1 Å². The van der Waals surface area contributed by atoms with Gasteiger partial charge in [-0.3, -0.25) is 4.79 Å². The van der Waals surface area contributed by atoms with Crippen LogP contribution in [0.1, 0.15) is 20.9 Å². The molecule has 2 aromatic heterocycles. The molecule has 3 heterocycles. The topological polar surface area (TPSA) is 62.4 Å². The van der Waals surface area contributed by atoms with Gasteiger partial charge in [0, 0.05) is 24.2 Å². The van der Waals surface area contributed by atoms with Crippen LogP contribution in [0, 0.1) is 0 Å². The summed E-state index contributed by atoms with van der Waals surface area (Å²) in [7, 11) is 0. The first kappa shape index (κ1) is 14.2. The van der Waals surface area contributed by atoms with Crippen molar-refractivity contribution in [1.82, 2.24) is 9.88 Å². The number of aromatic amines is 1. The SMILES string of the molecule is O=C(OCC(=O)N1CCc2sccc2C1)c1cc(Cl)c[nH]1. The molecule has 1 N–H and O–H groups in total. The first-order valence-corrected chi connectivity index (χ1v) is 7.73. The van der Waals surface area contributed by atoms with Crippen molar-refractivity contribution in [1.29, 1.82) is 0 Å². The summed E-state index contributed by atoms with van der Waals surface area (Å²) in [4.78, 5) is 29.5. The normalized spacial score (nSPS) is 13.9. The molecule has 0 aromatic carbocycles. The second-order valence-corrected chi connectivity index (χ2v) is 6.18. The number of thiophene rings is 1. The summed E-state index contributed by atoms with van der Waals surface area (Å²) in [5, 5.41) is 2.46. The summed E-state index contributed by atoms with van der Waals surface area (Å²) in [6, 6.07) is 3.50. The summed E-state index contributed by atoms with van der Waals surface area (Å²) in [5.41, 5.74) is 1.42. The van der Waals surface area contributed by atoms with Crippen molar-refractivity contribution in [3.8, 4) is 0 Å². The zero-order valence-corrected chi connectivity index (χ0v) is 12.7. The highest BCUT2D eigenvalue weighted by Gasteiger charge is 2.22. The van der Waals surface area contributed by atoms with Crippen LogP contribution in [0.2, 0.25) is 5.02 Å². The van der Waals surface area contributed by atoms with Crippen LogP contribution in [-0.4, -0.2) is 34.9 Å². The lowest BCUT2D eigenvalue weighted by Crippen LogP contribution is -2.38. The average molecular weight is 325 g/mol. The number of carbonyl (C=O) groups is 2. The van der Waals surface area contributed by atoms with Crippen molar-refractivity contribution in [2.45, 2.75) is 13.0 Å². The number of amides is 1. The van der Waals surface area contributed by atoms with Crippen LogP contribution in [0.4, 0.5) is 0 Å². The van der Waals surface area contributed by atoms with E-state index in [1.165, 1.54) is 22.7 Å². The quantitative estimate of drug-likeness (QED) is 0.882. The molecule has 1 amide bonds. The lowest BCUT2D eigenvalue weighted by atomic mass is 10.1. The number of hydrogen-bond acceptors (Lipinski definition) is 4. The number of ether oxygens (including phenoxy) is 1. The second-order valence-electron chi connectivity index (χ2n) is 4.74. The third-order valence-electron chi connectivity index (χ3n) is 3.35. The minimum atomic E-state index is -0.580. The number of nitrogens with zero attached hydrogens (tertiary/aromatic N) is 1. The molecule has 0 atom stereocenters. The van der Waals surface area contributed by atoms with Gasteiger partial charge in [0.2, 0.25) is 0 Å². The largest absolute Gasteiger partial charge is 0.451 e. The van der Waals surface area contributed by atoms with Crippen LogP contribution in [0.3, 0.4) is 0 Å². The maximum absolute atomic E-state index is 12.1. The van der Waals surface area contributed by atoms with E-state index < -0.39 is 5.97 Å². The number of carbonyl (C=O) groups excluding carboxylic acids is 2. The Kier molecular flexibility index (Phi) is 3.98. The van der Waals surface area contributed by atoms with Gasteiger partial charge in [-0.15, -0.1) is 11.3 Å². The molecule has 21 heavy (non-hydrogen) atoms. The minimum Gasteiger partial charge on any atom is -0.451 e. The average Bonchev–Trinajstić information content (AvgIpc) is 3.12. The van der Waals surface area contributed by atoms with Gasteiger partial charge in [0.25, 0.3) is 5.91 Å². The predicted octanol–water partition coefficient (Wildman–Crippen LogP) is 2.47. The van der Waals surface area contributed by atoms with Crippen molar-refractivity contribution in [2.75, 3.05) is 13.2 Å². The second kappa shape index (κ2) is 5.91. The van der Waals surface area contributed by atoms with Crippen LogP contribution in [0.25, 0.3) is 0 Å². The van der Waals surface area contributed by atoms with E-state index in [9.17, 15) is 9.59 Å². The summed E-state index contributed by atoms with van der Waals surface area (Å²) < 4.78 is 5.01. The Balaban J connectivity index is 1.54. The highest BCUT2D eigenvalue weighted by molar-refractivity contribution is 7.10. The molecule has 1 aliphatic rings. The van der Waals surface area contributed by atoms with Gasteiger partial charge < -0.3 is 14.6 Å². The van der Waals surface area contributed by atoms with E-state index in [2.05, 4.69) is 4.98 Å². The maximum atomic E-state index is 12.1. The Bertz CT molecular complexity index is 679. The molecular formula is C14H13ClN2O3S. The number of halogens is 1. The molecule has 5 nitrogen and oxygen atoms in total. The van der Waals surface area contributed by atoms with Crippen molar-refractivity contribution in [3.05, 3.63) is 44.9 Å². The minimum absolute atomic E-state index is 0.183. The number of nitrogens with one attached hydrogen (secondary N) is 1. The van der Waals surface area contributed by atoms with E-state index in [0.717, 1.165) is 6.42 Å². The van der Waals surface area contributed by atoms with Crippen LogP contribution in [0.15, 0.2) is 23.7 Å². The number of rotatable bonds is 3. The fraction of sp³-hybridized carbons (Fsp3) is 0.286. The maximum Gasteiger partial charge on any atom is 0.355 e. The molecule has 110 valence electrons. The van der Waals surface area contributed by atoms with Crippen molar-refractivity contribution in [2.24, 2.45) is 0 Å². The zero-order valence-electron chi connectivity index (χ0n) is 11.1. The van der Waals surface area contributed by atoms with E-state index in [1.54, 1.807) is 16.2 Å². The first-order chi connectivity index (χ1) is 10.1. The number of fused-ring (bicyclic) bond motifs is 1. The fourth-order valence-electron chi connectivity index (χ4n) is 2.24. The van der Waals surface area contributed by atoms with E-state index in [1.807, 2.05) is 11.4 Å². The monoisotopic (exact) mass is 324 g/mol. The van der Waals surface area contributed by atoms with Gasteiger partial charge in [0.05, 0.1) is 5.02 Å². The number of esters is 1. The predicted molar refractivity (Wildman–Crippen MR) is 79.5 cm³/mol. The molecule has 0 bridgehead atoms. The van der Waals surface area contributed by atoms with Gasteiger partial charge in [-0.05, 0) is 29.5 Å². The van der Waals surface area contributed by atoms with Crippen molar-refractivity contribution in [3.63, 3.8) is 0 Å². The van der Waals surface area contributed by atoms with E-state index in [-0.39, 0.29) is 18.2 Å². The first-order valence-electron chi connectivity index (χ1n) is 6.47. The van der Waals surface area contributed by atoms with Gasteiger partial charge in [-0.2, -0.15) is 0 Å². The summed E-state index contributed by atoms with van der Waals surface area (Å²) in [5.74, 6) is -0.763. The van der Waals surface area contributed by atoms with E-state index in [4.69, 9.17) is 16.3 Å². The number of aromatic nitrogens is 1. The molecule has 3 rings (SSSR count). The van der Waals surface area contributed by atoms with Gasteiger partial charge in [-0.1, -0.05) is 11.6 Å². The molecule has 7 heteroatoms. The molecule has 2 aromatic rings. The highest BCUT2D eigenvalue weighted by Crippen LogP contribution is 2.24. The van der Waals surface area contributed by atoms with Gasteiger partial charge >= 0.3 is 5.97 Å². The molecule has 0 saturated heterocycles. The van der Waals surface area contributed by atoms with Gasteiger partial charge in [-0.25, -0.2) is 4.79 Å². The molecule has 0 saturated carbocycles. The third-order valence-corrected chi connectivity index (χ3v) is 4.60. The molecule has 0 unspecified atom stereocenters. The lowest BCUT2D eigenvalue weighted by Gasteiger charge is -2.26. The van der Waals surface area contributed by atoms with Crippen LogP contribution in [0.5, 0.6) is 0 Å². The number of H-pyrrole nitrogens is 1. The zero-order chi connectivity index (χ0) is 14.8. The van der Waals surface area contributed by atoms with Crippen LogP contribution in [-0.2, 0) is 22.5 Å². The Hall–Kier alpha value is -1.79. The Labute approximate surface area is 130 Å². The molecule has 0 fully saturated rings. The summed E-state index contributed by atoms with van der Waals surface area (Å²) >= 11 is 7.43. The molecule has 1 aliphatic heterocycles. The highest BCUT2D eigenvalue weighted by atomic mass is 35.5. The fourth-order valence-corrected chi connectivity index (χ4v) is 3.30. The summed E-state index contributed by atoms with van der Waals surface area (Å²) in [6.07, 6.45) is 2.35. The Morgan fingerprint density at radius 2 is 2.33 bits per heavy atom. The smallest absolute Gasteiger partial charge is 0.355 e. The third kappa shape index (κ3) is 3.11. The van der Waals surface area contributed by atoms with Crippen molar-refractivity contribution < 1.29 is 14.3 Å². The summed E-state index contributed by atoms with van der Waals surface area (Å²) in [6.45, 7) is 0.997. The molecule has 0 radical (unpaired) electrons. The Morgan fingerprint density at radius 3 is 3.10 bits per heavy atom. The lowest BCUT2D eigenvalue weighted by molar-refractivity contribution is -0.135. The van der Waals surface area contributed by atoms with E-state index >= 15 is 0 Å². The molecule has 0 aliphatic carbocycles. The van der Waals surface area contributed by atoms with Gasteiger partial charge in [0.15, 0.2) is 6.61 Å². The van der Waals surface area contributed by atoms with Gasteiger partial charge in [0.1, 0.15) is 5.69 Å². The number of hydrogen-bond donors (Lipinski definition) is 1.